The van der Waals surface area contributed by atoms with Gasteiger partial charge in [0.1, 0.15) is 5.75 Å². The highest BCUT2D eigenvalue weighted by molar-refractivity contribution is 6.33. The molecule has 2 nitrogen and oxygen atoms in total. The van der Waals surface area contributed by atoms with E-state index in [4.69, 9.17) is 16.3 Å². The fraction of sp³-hybridized carbons (Fsp3) is 0.385. The molecule has 0 aliphatic heterocycles. The average molecular weight is 238 g/mol. The number of allylic oxidation sites excluding steroid dienone is 1. The molecule has 0 saturated carbocycles. The molecule has 1 aliphatic rings. The van der Waals surface area contributed by atoms with E-state index in [1.807, 2.05) is 18.2 Å². The summed E-state index contributed by atoms with van der Waals surface area (Å²) in [5.41, 5.74) is 0.942. The van der Waals surface area contributed by atoms with E-state index in [0.717, 1.165) is 22.9 Å². The molecule has 1 aromatic rings. The summed E-state index contributed by atoms with van der Waals surface area (Å²) in [5, 5.41) is 4.16. The summed E-state index contributed by atoms with van der Waals surface area (Å²) in [6.45, 7) is 0. The number of methoxy groups -OCH3 is 1. The molecule has 1 atom stereocenters. The van der Waals surface area contributed by atoms with Crippen LogP contribution in [-0.2, 0) is 0 Å². The second kappa shape index (κ2) is 5.26. The van der Waals surface area contributed by atoms with Gasteiger partial charge in [-0.25, -0.2) is 0 Å². The lowest BCUT2D eigenvalue weighted by Gasteiger charge is -2.20. The Balaban J connectivity index is 2.13. The molecule has 1 unspecified atom stereocenters. The van der Waals surface area contributed by atoms with Crippen molar-refractivity contribution in [2.75, 3.05) is 12.4 Å². The molecule has 1 aromatic carbocycles. The van der Waals surface area contributed by atoms with Crippen LogP contribution in [0.5, 0.6) is 5.75 Å². The van der Waals surface area contributed by atoms with Crippen molar-refractivity contribution in [1.82, 2.24) is 0 Å². The standard InChI is InChI=1S/C13H16ClNO/c1-16-11-7-8-12(14)13(9-11)15-10-5-3-2-4-6-10/h3,5,7-10,15H,2,4,6H2,1H3. The second-order valence-corrected chi connectivity index (χ2v) is 4.36. The molecule has 3 heteroatoms. The van der Waals surface area contributed by atoms with E-state index in [1.54, 1.807) is 7.11 Å². The molecular formula is C13H16ClNO. The van der Waals surface area contributed by atoms with Crippen LogP contribution < -0.4 is 10.1 Å². The fourth-order valence-electron chi connectivity index (χ4n) is 1.87. The summed E-state index contributed by atoms with van der Waals surface area (Å²) >= 11 is 6.13. The van der Waals surface area contributed by atoms with Gasteiger partial charge in [0.2, 0.25) is 0 Å². The number of hydrogen-bond acceptors (Lipinski definition) is 2. The Morgan fingerprint density at radius 3 is 3.00 bits per heavy atom. The molecule has 0 bridgehead atoms. The van der Waals surface area contributed by atoms with Crippen LogP contribution in [0.2, 0.25) is 5.02 Å². The van der Waals surface area contributed by atoms with Gasteiger partial charge in [0, 0.05) is 12.1 Å². The van der Waals surface area contributed by atoms with Crippen LogP contribution in [0.25, 0.3) is 0 Å². The highest BCUT2D eigenvalue weighted by Gasteiger charge is 2.10. The van der Waals surface area contributed by atoms with Gasteiger partial charge in [-0.05, 0) is 31.4 Å². The molecule has 86 valence electrons. The van der Waals surface area contributed by atoms with E-state index in [2.05, 4.69) is 17.5 Å². The largest absolute Gasteiger partial charge is 0.497 e. The van der Waals surface area contributed by atoms with Gasteiger partial charge in [0.15, 0.2) is 0 Å². The maximum absolute atomic E-state index is 6.13. The third-order valence-corrected chi connectivity index (χ3v) is 3.10. The van der Waals surface area contributed by atoms with Crippen molar-refractivity contribution >= 4 is 17.3 Å². The van der Waals surface area contributed by atoms with Crippen LogP contribution >= 0.6 is 11.6 Å². The zero-order valence-corrected chi connectivity index (χ0v) is 10.1. The minimum atomic E-state index is 0.387. The minimum Gasteiger partial charge on any atom is -0.497 e. The first-order valence-electron chi connectivity index (χ1n) is 5.56. The van der Waals surface area contributed by atoms with Gasteiger partial charge in [-0.1, -0.05) is 23.8 Å². The Hall–Kier alpha value is -1.15. The van der Waals surface area contributed by atoms with Crippen molar-refractivity contribution in [2.24, 2.45) is 0 Å². The normalized spacial score (nSPS) is 19.5. The molecule has 1 N–H and O–H groups in total. The van der Waals surface area contributed by atoms with Crippen LogP contribution in [-0.4, -0.2) is 13.2 Å². The molecule has 0 fully saturated rings. The second-order valence-electron chi connectivity index (χ2n) is 3.96. The van der Waals surface area contributed by atoms with E-state index in [0.29, 0.717) is 6.04 Å². The zero-order valence-electron chi connectivity index (χ0n) is 9.37. The van der Waals surface area contributed by atoms with E-state index in [1.165, 1.54) is 12.8 Å². The van der Waals surface area contributed by atoms with Crippen LogP contribution in [0.1, 0.15) is 19.3 Å². The molecule has 0 aromatic heterocycles. The Bertz CT molecular complexity index is 390. The monoisotopic (exact) mass is 237 g/mol. The van der Waals surface area contributed by atoms with Gasteiger partial charge in [-0.2, -0.15) is 0 Å². The number of ether oxygens (including phenoxy) is 1. The molecule has 0 amide bonds. The maximum Gasteiger partial charge on any atom is 0.121 e. The lowest BCUT2D eigenvalue weighted by atomic mass is 10.0. The topological polar surface area (TPSA) is 21.3 Å². The van der Waals surface area contributed by atoms with Crippen molar-refractivity contribution in [3.63, 3.8) is 0 Å². The van der Waals surface area contributed by atoms with Gasteiger partial charge in [-0.3, -0.25) is 0 Å². The van der Waals surface area contributed by atoms with Crippen LogP contribution in [0, 0.1) is 0 Å². The van der Waals surface area contributed by atoms with Crippen LogP contribution in [0.4, 0.5) is 5.69 Å². The van der Waals surface area contributed by atoms with Gasteiger partial charge in [-0.15, -0.1) is 0 Å². The lowest BCUT2D eigenvalue weighted by molar-refractivity contribution is 0.415. The third kappa shape index (κ3) is 2.70. The molecule has 0 spiro atoms. The van der Waals surface area contributed by atoms with E-state index >= 15 is 0 Å². The third-order valence-electron chi connectivity index (χ3n) is 2.77. The van der Waals surface area contributed by atoms with Crippen molar-refractivity contribution in [2.45, 2.75) is 25.3 Å². The number of nitrogens with one attached hydrogen (secondary N) is 1. The van der Waals surface area contributed by atoms with Crippen molar-refractivity contribution < 1.29 is 4.74 Å². The first-order chi connectivity index (χ1) is 7.79. The van der Waals surface area contributed by atoms with Crippen LogP contribution in [0.15, 0.2) is 30.4 Å². The summed E-state index contributed by atoms with van der Waals surface area (Å²) < 4.78 is 5.18. The number of hydrogen-bond donors (Lipinski definition) is 1. The quantitative estimate of drug-likeness (QED) is 0.806. The molecule has 1 aliphatic carbocycles. The number of halogens is 1. The SMILES string of the molecule is COc1ccc(Cl)c(NC2C=CCCC2)c1. The zero-order chi connectivity index (χ0) is 11.4. The Labute approximate surface area is 101 Å². The summed E-state index contributed by atoms with van der Waals surface area (Å²) in [6.07, 6.45) is 8.00. The van der Waals surface area contributed by atoms with E-state index < -0.39 is 0 Å². The number of rotatable bonds is 3. The smallest absolute Gasteiger partial charge is 0.121 e. The number of anilines is 1. The molecule has 0 saturated heterocycles. The summed E-state index contributed by atoms with van der Waals surface area (Å²) in [4.78, 5) is 0. The highest BCUT2D eigenvalue weighted by Crippen LogP contribution is 2.28. The molecule has 16 heavy (non-hydrogen) atoms. The molecule has 0 radical (unpaired) electrons. The Morgan fingerprint density at radius 1 is 1.44 bits per heavy atom. The lowest BCUT2D eigenvalue weighted by Crippen LogP contribution is -2.18. The van der Waals surface area contributed by atoms with Gasteiger partial charge >= 0.3 is 0 Å². The van der Waals surface area contributed by atoms with E-state index in [9.17, 15) is 0 Å². The minimum absolute atomic E-state index is 0.387. The summed E-state index contributed by atoms with van der Waals surface area (Å²) in [7, 11) is 1.66. The Morgan fingerprint density at radius 2 is 2.31 bits per heavy atom. The Kier molecular flexibility index (Phi) is 3.73. The van der Waals surface area contributed by atoms with E-state index in [-0.39, 0.29) is 0 Å². The van der Waals surface area contributed by atoms with Gasteiger partial charge in [0.25, 0.3) is 0 Å². The maximum atomic E-state index is 6.13. The number of benzene rings is 1. The van der Waals surface area contributed by atoms with Gasteiger partial charge in [0.05, 0.1) is 17.8 Å². The molecule has 2 rings (SSSR count). The predicted octanol–water partition coefficient (Wildman–Crippen LogP) is 3.87. The summed E-state index contributed by atoms with van der Waals surface area (Å²) in [6, 6.07) is 6.04. The molecule has 0 heterocycles. The van der Waals surface area contributed by atoms with Crippen molar-refractivity contribution in [3.05, 3.63) is 35.4 Å². The van der Waals surface area contributed by atoms with Crippen molar-refractivity contribution in [3.8, 4) is 5.75 Å². The van der Waals surface area contributed by atoms with Crippen LogP contribution in [0.3, 0.4) is 0 Å². The highest BCUT2D eigenvalue weighted by atomic mass is 35.5. The first-order valence-corrected chi connectivity index (χ1v) is 5.94. The predicted molar refractivity (Wildman–Crippen MR) is 68.4 cm³/mol. The summed E-state index contributed by atoms with van der Waals surface area (Å²) in [5.74, 6) is 0.826. The van der Waals surface area contributed by atoms with Crippen molar-refractivity contribution in [1.29, 1.82) is 0 Å². The fourth-order valence-corrected chi connectivity index (χ4v) is 2.05. The van der Waals surface area contributed by atoms with Gasteiger partial charge < -0.3 is 10.1 Å². The average Bonchev–Trinajstić information content (AvgIpc) is 2.33. The first kappa shape index (κ1) is 11.3. The molecular weight excluding hydrogens is 222 g/mol.